The molecule has 0 bridgehead atoms. The van der Waals surface area contributed by atoms with Crippen LogP contribution >= 0.6 is 33.9 Å². The van der Waals surface area contributed by atoms with Crippen LogP contribution in [0.25, 0.3) is 0 Å². The third-order valence-electron chi connectivity index (χ3n) is 3.46. The Morgan fingerprint density at radius 1 is 1.50 bits per heavy atom. The molecule has 2 aliphatic rings. The molecule has 1 fully saturated rings. The van der Waals surface area contributed by atoms with Crippen LogP contribution in [0.5, 0.6) is 0 Å². The van der Waals surface area contributed by atoms with Crippen LogP contribution in [0.1, 0.15) is 29.4 Å². The van der Waals surface area contributed by atoms with E-state index >= 15 is 0 Å². The van der Waals surface area contributed by atoms with E-state index in [-0.39, 0.29) is 5.54 Å². The summed E-state index contributed by atoms with van der Waals surface area (Å²) in [7, 11) is 2.05. The Morgan fingerprint density at radius 2 is 2.25 bits per heavy atom. The number of rotatable bonds is 2. The lowest BCUT2D eigenvalue weighted by Gasteiger charge is -2.30. The summed E-state index contributed by atoms with van der Waals surface area (Å²) in [5.74, 6) is 0. The van der Waals surface area contributed by atoms with E-state index in [1.807, 2.05) is 16.3 Å². The molecular weight excluding hydrogens is 333 g/mol. The maximum absolute atomic E-state index is 5.93. The van der Waals surface area contributed by atoms with Gasteiger partial charge in [-0.1, -0.05) is 22.6 Å². The summed E-state index contributed by atoms with van der Waals surface area (Å²) >= 11 is 4.03. The molecule has 1 N–H and O–H groups in total. The zero-order chi connectivity index (χ0) is 11.6. The second-order valence-electron chi connectivity index (χ2n) is 4.21. The van der Waals surface area contributed by atoms with E-state index in [0.29, 0.717) is 6.10 Å². The van der Waals surface area contributed by atoms with Gasteiger partial charge in [0, 0.05) is 16.8 Å². The van der Waals surface area contributed by atoms with Crippen LogP contribution in [-0.2, 0) is 11.2 Å². The van der Waals surface area contributed by atoms with Crippen molar-refractivity contribution in [2.75, 3.05) is 18.6 Å². The fourth-order valence-electron chi connectivity index (χ4n) is 2.38. The molecule has 1 aromatic heterocycles. The lowest BCUT2D eigenvalue weighted by molar-refractivity contribution is 0.0103. The van der Waals surface area contributed by atoms with Crippen LogP contribution < -0.4 is 5.32 Å². The van der Waals surface area contributed by atoms with Crippen molar-refractivity contribution in [2.45, 2.75) is 30.9 Å². The van der Waals surface area contributed by atoms with Gasteiger partial charge >= 0.3 is 0 Å². The molecule has 16 heavy (non-hydrogen) atoms. The zero-order valence-corrected chi connectivity index (χ0v) is 12.7. The van der Waals surface area contributed by atoms with Crippen LogP contribution in [0.15, 0.2) is 11.4 Å². The number of hydrogen-bond acceptors (Lipinski definition) is 3. The van der Waals surface area contributed by atoms with Gasteiger partial charge in [0.05, 0.1) is 6.61 Å². The molecule has 2 nitrogen and oxygen atoms in total. The van der Waals surface area contributed by atoms with Gasteiger partial charge < -0.3 is 10.1 Å². The molecule has 1 atom stereocenters. The maximum atomic E-state index is 5.93. The first-order valence-electron chi connectivity index (χ1n) is 5.60. The standard InChI is InChI=1S/C11H15NOS.CH3I/c1-12-11(4-5-11)10-8-3-7-14-9(8)2-6-13-10;1-2/h3,7,10,12H,2,4-6H2,1H3;1H3. The number of thiophene rings is 1. The summed E-state index contributed by atoms with van der Waals surface area (Å²) in [6, 6.07) is 2.24. The largest absolute Gasteiger partial charge is 0.371 e. The van der Waals surface area contributed by atoms with Crippen molar-refractivity contribution in [1.29, 1.82) is 0 Å². The fourth-order valence-corrected chi connectivity index (χ4v) is 3.27. The van der Waals surface area contributed by atoms with Crippen molar-refractivity contribution < 1.29 is 4.74 Å². The minimum absolute atomic E-state index is 0.260. The Labute approximate surface area is 115 Å². The van der Waals surface area contributed by atoms with E-state index in [2.05, 4.69) is 46.4 Å². The number of likely N-dealkylation sites (N-methyl/N-ethyl adjacent to an activating group) is 1. The Morgan fingerprint density at radius 3 is 2.88 bits per heavy atom. The first-order chi connectivity index (χ1) is 7.86. The minimum Gasteiger partial charge on any atom is -0.371 e. The summed E-state index contributed by atoms with van der Waals surface area (Å²) in [6.07, 6.45) is 3.92. The Balaban J connectivity index is 0.000000457. The first kappa shape index (κ1) is 12.8. The molecule has 90 valence electrons. The van der Waals surface area contributed by atoms with Crippen LogP contribution in [0.4, 0.5) is 0 Å². The molecule has 1 aliphatic carbocycles. The van der Waals surface area contributed by atoms with Crippen molar-refractivity contribution >= 4 is 33.9 Å². The molecule has 4 heteroatoms. The van der Waals surface area contributed by atoms with Gasteiger partial charge in [-0.25, -0.2) is 0 Å². The lowest BCUT2D eigenvalue weighted by atomic mass is 9.98. The molecule has 1 aromatic rings. The summed E-state index contributed by atoms with van der Waals surface area (Å²) in [5, 5.41) is 5.62. The van der Waals surface area contributed by atoms with Gasteiger partial charge in [-0.3, -0.25) is 0 Å². The van der Waals surface area contributed by atoms with Crippen molar-refractivity contribution in [2.24, 2.45) is 0 Å². The van der Waals surface area contributed by atoms with Gasteiger partial charge in [-0.2, -0.15) is 0 Å². The Hall–Kier alpha value is 0.350. The quantitative estimate of drug-likeness (QED) is 0.653. The van der Waals surface area contributed by atoms with Gasteiger partial charge in [-0.15, -0.1) is 11.3 Å². The van der Waals surface area contributed by atoms with Crippen LogP contribution in [0.3, 0.4) is 0 Å². The van der Waals surface area contributed by atoms with Gasteiger partial charge in [0.25, 0.3) is 0 Å². The second-order valence-corrected chi connectivity index (χ2v) is 5.21. The van der Waals surface area contributed by atoms with Crippen molar-refractivity contribution in [3.8, 4) is 0 Å². The number of hydrogen-bond donors (Lipinski definition) is 1. The molecule has 0 spiro atoms. The highest BCUT2D eigenvalue weighted by Crippen LogP contribution is 2.50. The van der Waals surface area contributed by atoms with Gasteiger partial charge in [0.2, 0.25) is 0 Å². The third-order valence-corrected chi connectivity index (χ3v) is 4.46. The summed E-state index contributed by atoms with van der Waals surface area (Å²) in [6.45, 7) is 0.890. The van der Waals surface area contributed by atoms with Gasteiger partial charge in [-0.05, 0) is 41.8 Å². The molecule has 0 aromatic carbocycles. The number of fused-ring (bicyclic) bond motifs is 1. The number of halogens is 1. The van der Waals surface area contributed by atoms with Crippen molar-refractivity contribution in [1.82, 2.24) is 5.32 Å². The summed E-state index contributed by atoms with van der Waals surface area (Å²) in [5.41, 5.74) is 1.70. The smallest absolute Gasteiger partial charge is 0.102 e. The number of nitrogens with one attached hydrogen (secondary N) is 1. The highest BCUT2D eigenvalue weighted by Gasteiger charge is 2.51. The molecule has 0 saturated heterocycles. The lowest BCUT2D eigenvalue weighted by Crippen LogP contribution is -2.37. The highest BCUT2D eigenvalue weighted by atomic mass is 127. The molecule has 2 heterocycles. The predicted octanol–water partition coefficient (Wildman–Crippen LogP) is 3.17. The zero-order valence-electron chi connectivity index (χ0n) is 9.75. The predicted molar refractivity (Wildman–Crippen MR) is 77.7 cm³/mol. The topological polar surface area (TPSA) is 21.3 Å². The highest BCUT2D eigenvalue weighted by molar-refractivity contribution is 14.1. The average molecular weight is 351 g/mol. The van der Waals surface area contributed by atoms with E-state index in [9.17, 15) is 0 Å². The number of alkyl halides is 1. The SMILES string of the molecule is CI.CNC1(C2OCCc3sccc32)CC1. The molecule has 3 rings (SSSR count). The van der Waals surface area contributed by atoms with E-state index in [1.165, 1.54) is 23.3 Å². The monoisotopic (exact) mass is 351 g/mol. The minimum atomic E-state index is 0.260. The first-order valence-corrected chi connectivity index (χ1v) is 8.64. The molecule has 0 radical (unpaired) electrons. The van der Waals surface area contributed by atoms with Crippen LogP contribution in [0, 0.1) is 0 Å². The van der Waals surface area contributed by atoms with E-state index in [1.54, 1.807) is 0 Å². The van der Waals surface area contributed by atoms with E-state index in [4.69, 9.17) is 4.74 Å². The summed E-state index contributed by atoms with van der Waals surface area (Å²) in [4.78, 5) is 3.50. The normalized spacial score (nSPS) is 25.3. The van der Waals surface area contributed by atoms with E-state index < -0.39 is 0 Å². The molecule has 1 unspecified atom stereocenters. The Bertz CT molecular complexity index is 349. The average Bonchev–Trinajstić information content (AvgIpc) is 3.01. The second kappa shape index (κ2) is 5.33. The Kier molecular flexibility index (Phi) is 4.26. The maximum Gasteiger partial charge on any atom is 0.102 e. The van der Waals surface area contributed by atoms with Crippen molar-refractivity contribution in [3.05, 3.63) is 21.9 Å². The fraction of sp³-hybridized carbons (Fsp3) is 0.667. The third kappa shape index (κ3) is 2.17. The summed E-state index contributed by atoms with van der Waals surface area (Å²) < 4.78 is 5.93. The van der Waals surface area contributed by atoms with Gasteiger partial charge in [0.1, 0.15) is 6.10 Å². The molecular formula is C12H18INOS. The van der Waals surface area contributed by atoms with Crippen LogP contribution in [0.2, 0.25) is 0 Å². The number of ether oxygens (including phenoxy) is 1. The molecule has 1 saturated carbocycles. The van der Waals surface area contributed by atoms with Crippen molar-refractivity contribution in [3.63, 3.8) is 0 Å². The molecule has 0 amide bonds. The van der Waals surface area contributed by atoms with Gasteiger partial charge in [0.15, 0.2) is 0 Å². The van der Waals surface area contributed by atoms with Crippen LogP contribution in [-0.4, -0.2) is 24.1 Å². The van der Waals surface area contributed by atoms with E-state index in [0.717, 1.165) is 13.0 Å². The molecule has 1 aliphatic heterocycles.